The number of nitrogens with zero attached hydrogens (tertiary/aromatic N) is 1. The Balaban J connectivity index is 1.79. The zero-order valence-corrected chi connectivity index (χ0v) is 12.4. The van der Waals surface area contributed by atoms with Crippen LogP contribution in [0.2, 0.25) is 0 Å². The van der Waals surface area contributed by atoms with Gasteiger partial charge in [-0.25, -0.2) is 0 Å². The maximum atomic E-state index is 6.04. The molecular formula is C16H26N2O. The minimum Gasteiger partial charge on any atom is -0.372 e. The fourth-order valence-electron chi connectivity index (χ4n) is 2.78. The van der Waals surface area contributed by atoms with E-state index in [0.29, 0.717) is 12.2 Å². The van der Waals surface area contributed by atoms with Gasteiger partial charge in [0.25, 0.3) is 0 Å². The number of ether oxygens (including phenoxy) is 1. The summed E-state index contributed by atoms with van der Waals surface area (Å²) in [5, 5.41) is 3.19. The van der Waals surface area contributed by atoms with E-state index >= 15 is 0 Å². The summed E-state index contributed by atoms with van der Waals surface area (Å²) in [4.78, 5) is 2.37. The van der Waals surface area contributed by atoms with E-state index in [9.17, 15) is 0 Å². The lowest BCUT2D eigenvalue weighted by atomic mass is 10.1. The zero-order valence-electron chi connectivity index (χ0n) is 12.4. The fourth-order valence-corrected chi connectivity index (χ4v) is 2.78. The number of rotatable bonds is 6. The number of benzene rings is 1. The molecule has 3 nitrogen and oxygen atoms in total. The molecule has 1 aromatic rings. The van der Waals surface area contributed by atoms with E-state index in [1.807, 2.05) is 7.05 Å². The average Bonchev–Trinajstić information content (AvgIpc) is 2.80. The Hall–Kier alpha value is -0.900. The monoisotopic (exact) mass is 262 g/mol. The average molecular weight is 262 g/mol. The van der Waals surface area contributed by atoms with Crippen molar-refractivity contribution in [3.05, 3.63) is 35.4 Å². The van der Waals surface area contributed by atoms with Crippen LogP contribution in [0.4, 0.5) is 0 Å². The predicted octanol–water partition coefficient (Wildman–Crippen LogP) is 2.19. The van der Waals surface area contributed by atoms with Crippen LogP contribution in [-0.2, 0) is 11.3 Å². The lowest BCUT2D eigenvalue weighted by molar-refractivity contribution is 0.0275. The fraction of sp³-hybridized carbons (Fsp3) is 0.625. The first kappa shape index (κ1) is 14.5. The second-order valence-corrected chi connectivity index (χ2v) is 5.64. The maximum Gasteiger partial charge on any atom is 0.0707 e. The van der Waals surface area contributed by atoms with Gasteiger partial charge in [-0.05, 0) is 45.0 Å². The second-order valence-electron chi connectivity index (χ2n) is 5.64. The molecule has 106 valence electrons. The number of nitrogens with one attached hydrogen (secondary N) is 1. The van der Waals surface area contributed by atoms with Crippen LogP contribution in [-0.4, -0.2) is 44.3 Å². The Kier molecular flexibility index (Phi) is 5.37. The molecule has 1 aromatic carbocycles. The van der Waals surface area contributed by atoms with Gasteiger partial charge in [0.2, 0.25) is 0 Å². The molecule has 1 aliphatic rings. The molecule has 0 bridgehead atoms. The topological polar surface area (TPSA) is 24.5 Å². The van der Waals surface area contributed by atoms with Crippen LogP contribution >= 0.6 is 0 Å². The molecule has 1 N–H and O–H groups in total. The second kappa shape index (κ2) is 7.04. The van der Waals surface area contributed by atoms with Gasteiger partial charge in [-0.15, -0.1) is 0 Å². The van der Waals surface area contributed by atoms with Crippen molar-refractivity contribution in [2.45, 2.75) is 38.5 Å². The molecule has 1 saturated heterocycles. The summed E-state index contributed by atoms with van der Waals surface area (Å²) in [6.07, 6.45) is 3.17. The van der Waals surface area contributed by atoms with E-state index in [1.54, 1.807) is 0 Å². The van der Waals surface area contributed by atoms with Crippen LogP contribution in [0.25, 0.3) is 0 Å². The third-order valence-corrected chi connectivity index (χ3v) is 3.84. The minimum atomic E-state index is 0.396. The van der Waals surface area contributed by atoms with Crippen LogP contribution in [0, 0.1) is 6.92 Å². The number of hydrogen-bond donors (Lipinski definition) is 1. The number of aryl methyl sites for hydroxylation is 1. The first-order chi connectivity index (χ1) is 9.19. The Bertz CT molecular complexity index is 394. The lowest BCUT2D eigenvalue weighted by Crippen LogP contribution is -2.31. The molecule has 2 unspecified atom stereocenters. The van der Waals surface area contributed by atoms with Gasteiger partial charge >= 0.3 is 0 Å². The quantitative estimate of drug-likeness (QED) is 0.850. The number of likely N-dealkylation sites (N-methyl/N-ethyl adjacent to an activating group) is 2. The molecule has 0 radical (unpaired) electrons. The Morgan fingerprint density at radius 2 is 2.00 bits per heavy atom. The van der Waals surface area contributed by atoms with Gasteiger partial charge in [-0.2, -0.15) is 0 Å². The van der Waals surface area contributed by atoms with Crippen molar-refractivity contribution >= 4 is 0 Å². The molecule has 2 atom stereocenters. The first-order valence-corrected chi connectivity index (χ1v) is 7.22. The van der Waals surface area contributed by atoms with E-state index in [-0.39, 0.29) is 0 Å². The van der Waals surface area contributed by atoms with E-state index < -0.39 is 0 Å². The summed E-state index contributed by atoms with van der Waals surface area (Å²) in [5.41, 5.74) is 2.78. The summed E-state index contributed by atoms with van der Waals surface area (Å²) in [7, 11) is 4.17. The van der Waals surface area contributed by atoms with Crippen LogP contribution in [0.1, 0.15) is 24.0 Å². The van der Waals surface area contributed by atoms with Crippen molar-refractivity contribution < 1.29 is 4.74 Å². The van der Waals surface area contributed by atoms with Crippen LogP contribution in [0.3, 0.4) is 0 Å². The molecule has 2 rings (SSSR count). The molecule has 3 heteroatoms. The van der Waals surface area contributed by atoms with Crippen LogP contribution < -0.4 is 5.32 Å². The molecule has 0 saturated carbocycles. The molecule has 0 aliphatic carbocycles. The molecule has 0 aromatic heterocycles. The highest BCUT2D eigenvalue weighted by Gasteiger charge is 2.25. The molecule has 0 spiro atoms. The summed E-state index contributed by atoms with van der Waals surface area (Å²) in [5.74, 6) is 0. The van der Waals surface area contributed by atoms with E-state index in [1.165, 1.54) is 24.0 Å². The standard InChI is InChI=1S/C16H26N2O/c1-13-6-4-5-7-14(13)11-18(3)12-16-9-8-15(19-16)10-17-2/h4-7,15-17H,8-12H2,1-3H3. The van der Waals surface area contributed by atoms with E-state index in [2.05, 4.69) is 48.5 Å². The summed E-state index contributed by atoms with van der Waals surface area (Å²) >= 11 is 0. The van der Waals surface area contributed by atoms with Gasteiger partial charge in [0.15, 0.2) is 0 Å². The van der Waals surface area contributed by atoms with Gasteiger partial charge in [0.05, 0.1) is 12.2 Å². The predicted molar refractivity (Wildman–Crippen MR) is 79.3 cm³/mol. The third-order valence-electron chi connectivity index (χ3n) is 3.84. The van der Waals surface area contributed by atoms with Gasteiger partial charge in [0.1, 0.15) is 0 Å². The largest absolute Gasteiger partial charge is 0.372 e. The SMILES string of the molecule is CNCC1CCC(CN(C)Cc2ccccc2C)O1. The van der Waals surface area contributed by atoms with E-state index in [4.69, 9.17) is 4.74 Å². The van der Waals surface area contributed by atoms with Crippen molar-refractivity contribution in [1.82, 2.24) is 10.2 Å². The highest BCUT2D eigenvalue weighted by atomic mass is 16.5. The third kappa shape index (κ3) is 4.30. The van der Waals surface area contributed by atoms with Crippen LogP contribution in [0.5, 0.6) is 0 Å². The number of hydrogen-bond acceptors (Lipinski definition) is 3. The van der Waals surface area contributed by atoms with Crippen molar-refractivity contribution in [3.8, 4) is 0 Å². The maximum absolute atomic E-state index is 6.04. The smallest absolute Gasteiger partial charge is 0.0707 e. The molecular weight excluding hydrogens is 236 g/mol. The van der Waals surface area contributed by atoms with Crippen molar-refractivity contribution in [2.24, 2.45) is 0 Å². The van der Waals surface area contributed by atoms with Gasteiger partial charge in [-0.3, -0.25) is 4.90 Å². The van der Waals surface area contributed by atoms with Crippen molar-refractivity contribution in [2.75, 3.05) is 27.2 Å². The Morgan fingerprint density at radius 3 is 2.74 bits per heavy atom. The van der Waals surface area contributed by atoms with Gasteiger partial charge in [0, 0.05) is 19.6 Å². The summed E-state index contributed by atoms with van der Waals surface area (Å²) < 4.78 is 6.04. The van der Waals surface area contributed by atoms with Gasteiger partial charge in [-0.1, -0.05) is 24.3 Å². The summed E-state index contributed by atoms with van der Waals surface area (Å²) in [6, 6.07) is 8.61. The normalized spacial score (nSPS) is 23.2. The highest BCUT2D eigenvalue weighted by Crippen LogP contribution is 2.20. The van der Waals surface area contributed by atoms with Crippen LogP contribution in [0.15, 0.2) is 24.3 Å². The lowest BCUT2D eigenvalue weighted by Gasteiger charge is -2.22. The molecule has 1 fully saturated rings. The van der Waals surface area contributed by atoms with E-state index in [0.717, 1.165) is 19.6 Å². The van der Waals surface area contributed by atoms with Crippen molar-refractivity contribution in [3.63, 3.8) is 0 Å². The summed E-state index contributed by atoms with van der Waals surface area (Å²) in [6.45, 7) is 5.17. The van der Waals surface area contributed by atoms with Crippen molar-refractivity contribution in [1.29, 1.82) is 0 Å². The first-order valence-electron chi connectivity index (χ1n) is 7.22. The Morgan fingerprint density at radius 1 is 1.26 bits per heavy atom. The van der Waals surface area contributed by atoms with Gasteiger partial charge < -0.3 is 10.1 Å². The molecule has 0 amide bonds. The Labute approximate surface area is 116 Å². The molecule has 1 aliphatic heterocycles. The molecule has 19 heavy (non-hydrogen) atoms. The zero-order chi connectivity index (χ0) is 13.7. The highest BCUT2D eigenvalue weighted by molar-refractivity contribution is 5.25. The molecule has 1 heterocycles. The minimum absolute atomic E-state index is 0.396.